The van der Waals surface area contributed by atoms with Crippen LogP contribution in [0.5, 0.6) is 0 Å². The molecule has 0 aromatic heterocycles. The summed E-state index contributed by atoms with van der Waals surface area (Å²) in [5.74, 6) is 0. The van der Waals surface area contributed by atoms with Gasteiger partial charge in [-0.25, -0.2) is 0 Å². The summed E-state index contributed by atoms with van der Waals surface area (Å²) >= 11 is 0. The lowest BCUT2D eigenvalue weighted by molar-refractivity contribution is 0.221. The quantitative estimate of drug-likeness (QED) is 0.416. The Hall–Kier alpha value is -0.0951. The smallest absolute Gasteiger partial charge is 0.427 e. The van der Waals surface area contributed by atoms with E-state index in [1.54, 1.807) is 0 Å². The molecule has 1 aliphatic heterocycles. The molecule has 4 nitrogen and oxygen atoms in total. The Kier molecular flexibility index (Phi) is 9.52. The molecule has 1 saturated heterocycles. The second kappa shape index (κ2) is 10.7. The van der Waals surface area contributed by atoms with Gasteiger partial charge in [0.1, 0.15) is 0 Å². The van der Waals surface area contributed by atoms with Crippen molar-refractivity contribution in [2.75, 3.05) is 26.7 Å². The van der Waals surface area contributed by atoms with E-state index in [0.717, 1.165) is 19.3 Å². The molecule has 5 heteroatoms. The number of likely N-dealkylation sites (tertiary alicyclic amines) is 1. The molecule has 1 aliphatic rings. The molecule has 0 aromatic rings. The Labute approximate surface area is 118 Å². The number of unbranched alkanes of at least 4 members (excludes halogenated alkanes) is 1. The van der Waals surface area contributed by atoms with Gasteiger partial charge in [0.15, 0.2) is 0 Å². The van der Waals surface area contributed by atoms with Crippen LogP contribution >= 0.6 is 0 Å². The van der Waals surface area contributed by atoms with Gasteiger partial charge in [0.25, 0.3) is 0 Å². The molecule has 0 amide bonds. The van der Waals surface area contributed by atoms with Crippen LogP contribution in [0.25, 0.3) is 0 Å². The van der Waals surface area contributed by atoms with Gasteiger partial charge in [-0.15, -0.1) is 0 Å². The molecule has 0 spiro atoms. The largest absolute Gasteiger partial charge is 0.451 e. The van der Waals surface area contributed by atoms with Crippen molar-refractivity contribution >= 4 is 7.12 Å². The molecule has 1 atom stereocenters. The van der Waals surface area contributed by atoms with Gasteiger partial charge >= 0.3 is 7.12 Å². The number of nitrogens with zero attached hydrogens (tertiary/aromatic N) is 1. The molecule has 0 radical (unpaired) electrons. The van der Waals surface area contributed by atoms with E-state index in [1.807, 2.05) is 7.05 Å². The van der Waals surface area contributed by atoms with E-state index in [2.05, 4.69) is 10.2 Å². The van der Waals surface area contributed by atoms with Crippen LogP contribution in [0.1, 0.15) is 51.4 Å². The molecule has 3 N–H and O–H groups in total. The number of piperidine rings is 1. The van der Waals surface area contributed by atoms with E-state index < -0.39 is 7.12 Å². The van der Waals surface area contributed by atoms with Crippen molar-refractivity contribution in [2.45, 2.75) is 63.7 Å². The maximum absolute atomic E-state index is 8.79. The zero-order valence-corrected chi connectivity index (χ0v) is 12.5. The first-order chi connectivity index (χ1) is 9.22. The lowest BCUT2D eigenvalue weighted by Crippen LogP contribution is -2.32. The molecule has 1 heterocycles. The van der Waals surface area contributed by atoms with Crippen molar-refractivity contribution in [3.05, 3.63) is 0 Å². The third-order valence-electron chi connectivity index (χ3n) is 4.15. The number of nitrogens with one attached hydrogen (secondary N) is 1. The van der Waals surface area contributed by atoms with E-state index in [-0.39, 0.29) is 0 Å². The Bertz CT molecular complexity index is 212. The third kappa shape index (κ3) is 8.63. The summed E-state index contributed by atoms with van der Waals surface area (Å²) in [6.07, 6.45) is 10.3. The standard InChI is InChI=1S/C14H31BN2O2/c1-16-14(8-3-4-10-15(18)19)9-7-13-17-11-5-2-6-12-17/h14,16,18-19H,2-13H2,1H3. The minimum absolute atomic E-state index is 0.504. The SMILES string of the molecule is CNC(CCCCB(O)O)CCCN1CCCCC1. The highest BCUT2D eigenvalue weighted by molar-refractivity contribution is 6.40. The molecule has 1 rings (SSSR count). The van der Waals surface area contributed by atoms with E-state index in [0.29, 0.717) is 12.4 Å². The number of hydrogen-bond donors (Lipinski definition) is 3. The summed E-state index contributed by atoms with van der Waals surface area (Å²) in [5.41, 5.74) is 0. The van der Waals surface area contributed by atoms with Gasteiger partial charge in [0.2, 0.25) is 0 Å². The van der Waals surface area contributed by atoms with Gasteiger partial charge in [-0.05, 0) is 65.1 Å². The molecule has 1 fully saturated rings. The lowest BCUT2D eigenvalue weighted by Gasteiger charge is -2.27. The normalized spacial score (nSPS) is 18.5. The summed E-state index contributed by atoms with van der Waals surface area (Å²) in [7, 11) is 0.902. The first-order valence-electron chi connectivity index (χ1n) is 7.98. The van der Waals surface area contributed by atoms with Crippen LogP contribution in [0.2, 0.25) is 6.32 Å². The topological polar surface area (TPSA) is 55.7 Å². The second-order valence-electron chi connectivity index (χ2n) is 5.80. The Morgan fingerprint density at radius 3 is 2.37 bits per heavy atom. The summed E-state index contributed by atoms with van der Waals surface area (Å²) in [4.78, 5) is 2.60. The monoisotopic (exact) mass is 270 g/mol. The van der Waals surface area contributed by atoms with Gasteiger partial charge in [0.05, 0.1) is 0 Å². The fourth-order valence-electron chi connectivity index (χ4n) is 2.89. The molecule has 19 heavy (non-hydrogen) atoms. The summed E-state index contributed by atoms with van der Waals surface area (Å²) in [6, 6.07) is 0.584. The molecular formula is C14H31BN2O2. The predicted octanol–water partition coefficient (Wildman–Crippen LogP) is 1.48. The van der Waals surface area contributed by atoms with Crippen molar-refractivity contribution in [1.29, 1.82) is 0 Å². The van der Waals surface area contributed by atoms with Crippen LogP contribution in [0.15, 0.2) is 0 Å². The first-order valence-corrected chi connectivity index (χ1v) is 7.98. The van der Waals surface area contributed by atoms with Crippen molar-refractivity contribution in [2.24, 2.45) is 0 Å². The van der Waals surface area contributed by atoms with Gasteiger partial charge < -0.3 is 20.3 Å². The van der Waals surface area contributed by atoms with Crippen molar-refractivity contribution < 1.29 is 10.0 Å². The zero-order chi connectivity index (χ0) is 13.9. The average molecular weight is 270 g/mol. The summed E-state index contributed by atoms with van der Waals surface area (Å²) in [6.45, 7) is 3.82. The minimum Gasteiger partial charge on any atom is -0.427 e. The van der Waals surface area contributed by atoms with Crippen LogP contribution in [0.3, 0.4) is 0 Å². The van der Waals surface area contributed by atoms with Crippen molar-refractivity contribution in [1.82, 2.24) is 10.2 Å². The van der Waals surface area contributed by atoms with Crippen LogP contribution < -0.4 is 5.32 Å². The molecule has 0 aromatic carbocycles. The maximum Gasteiger partial charge on any atom is 0.451 e. The van der Waals surface area contributed by atoms with Crippen molar-refractivity contribution in [3.63, 3.8) is 0 Å². The number of rotatable bonds is 10. The van der Waals surface area contributed by atoms with Gasteiger partial charge in [-0.1, -0.05) is 19.3 Å². The molecule has 0 bridgehead atoms. The highest BCUT2D eigenvalue weighted by Gasteiger charge is 2.12. The van der Waals surface area contributed by atoms with Gasteiger partial charge in [0, 0.05) is 6.04 Å². The minimum atomic E-state index is -1.13. The van der Waals surface area contributed by atoms with E-state index in [1.165, 1.54) is 51.7 Å². The first kappa shape index (κ1) is 17.0. The fourth-order valence-corrected chi connectivity index (χ4v) is 2.89. The highest BCUT2D eigenvalue weighted by atomic mass is 16.4. The van der Waals surface area contributed by atoms with E-state index in [9.17, 15) is 0 Å². The van der Waals surface area contributed by atoms with Gasteiger partial charge in [-0.2, -0.15) is 0 Å². The third-order valence-corrected chi connectivity index (χ3v) is 4.15. The van der Waals surface area contributed by atoms with Crippen LogP contribution in [0.4, 0.5) is 0 Å². The summed E-state index contributed by atoms with van der Waals surface area (Å²) in [5, 5.41) is 21.0. The lowest BCUT2D eigenvalue weighted by atomic mass is 9.83. The van der Waals surface area contributed by atoms with Gasteiger partial charge in [-0.3, -0.25) is 0 Å². The van der Waals surface area contributed by atoms with E-state index in [4.69, 9.17) is 10.0 Å². The molecule has 0 aliphatic carbocycles. The maximum atomic E-state index is 8.79. The Balaban J connectivity index is 2.00. The summed E-state index contributed by atoms with van der Waals surface area (Å²) < 4.78 is 0. The van der Waals surface area contributed by atoms with Crippen LogP contribution in [-0.4, -0.2) is 54.8 Å². The Morgan fingerprint density at radius 2 is 1.74 bits per heavy atom. The molecular weight excluding hydrogens is 239 g/mol. The molecule has 1 unspecified atom stereocenters. The van der Waals surface area contributed by atoms with Crippen molar-refractivity contribution in [3.8, 4) is 0 Å². The van der Waals surface area contributed by atoms with Crippen LogP contribution in [0, 0.1) is 0 Å². The van der Waals surface area contributed by atoms with Crippen LogP contribution in [-0.2, 0) is 0 Å². The average Bonchev–Trinajstić information content (AvgIpc) is 2.42. The highest BCUT2D eigenvalue weighted by Crippen LogP contribution is 2.12. The molecule has 0 saturated carbocycles. The Morgan fingerprint density at radius 1 is 1.05 bits per heavy atom. The van der Waals surface area contributed by atoms with E-state index >= 15 is 0 Å². The zero-order valence-electron chi connectivity index (χ0n) is 12.5. The molecule has 112 valence electrons. The second-order valence-corrected chi connectivity index (χ2v) is 5.80. The fraction of sp³-hybridized carbons (Fsp3) is 1.00. The predicted molar refractivity (Wildman–Crippen MR) is 81.2 cm³/mol. The number of hydrogen-bond acceptors (Lipinski definition) is 4.